The zero-order chi connectivity index (χ0) is 30.6. The lowest BCUT2D eigenvalue weighted by Gasteiger charge is -2.23. The van der Waals surface area contributed by atoms with Crippen molar-refractivity contribution in [2.24, 2.45) is 0 Å². The number of fused-ring (bicyclic) bond motifs is 1. The summed E-state index contributed by atoms with van der Waals surface area (Å²) in [5.74, 6) is 0.528. The van der Waals surface area contributed by atoms with E-state index in [4.69, 9.17) is 4.74 Å². The number of nitro groups is 1. The van der Waals surface area contributed by atoms with Crippen LogP contribution in [0.5, 0.6) is 5.75 Å². The van der Waals surface area contributed by atoms with Crippen LogP contribution in [0.15, 0.2) is 42.9 Å². The second kappa shape index (κ2) is 12.3. The maximum atomic E-state index is 13.3. The molecule has 0 aliphatic rings. The highest BCUT2D eigenvalue weighted by Crippen LogP contribution is 2.41. The second-order valence-corrected chi connectivity index (χ2v) is 13.2. The fraction of sp³-hybridized carbons (Fsp3) is 0.296. The Labute approximate surface area is 242 Å². The lowest BCUT2D eigenvalue weighted by atomic mass is 10.2. The third-order valence-electron chi connectivity index (χ3n) is 6.35. The highest BCUT2D eigenvalue weighted by Gasteiger charge is 2.24. The summed E-state index contributed by atoms with van der Waals surface area (Å²) in [4.78, 5) is 32.7. The van der Waals surface area contributed by atoms with E-state index in [1.165, 1.54) is 25.6 Å². The summed E-state index contributed by atoms with van der Waals surface area (Å²) in [6.45, 7) is 4.51. The first kappa shape index (κ1) is 30.1. The van der Waals surface area contributed by atoms with E-state index in [0.29, 0.717) is 46.6 Å². The Hall–Kier alpha value is -4.86. The van der Waals surface area contributed by atoms with Crippen molar-refractivity contribution in [2.45, 2.75) is 0 Å². The first-order valence-corrected chi connectivity index (χ1v) is 15.4. The van der Waals surface area contributed by atoms with Crippen LogP contribution in [0.1, 0.15) is 5.56 Å². The quantitative estimate of drug-likeness (QED) is 0.146. The zero-order valence-electron chi connectivity index (χ0n) is 24.1. The van der Waals surface area contributed by atoms with E-state index in [0.717, 1.165) is 0 Å². The smallest absolute Gasteiger partial charge is 0.294 e. The molecular weight excluding hydrogens is 559 g/mol. The molecule has 2 aromatic heterocycles. The molecule has 2 N–H and O–H groups in total. The van der Waals surface area contributed by atoms with Crippen molar-refractivity contribution < 1.29 is 14.2 Å². The van der Waals surface area contributed by atoms with Crippen LogP contribution in [0.4, 0.5) is 34.5 Å². The molecule has 0 aliphatic heterocycles. The molecule has 218 valence electrons. The van der Waals surface area contributed by atoms with Gasteiger partial charge in [0.1, 0.15) is 35.7 Å². The van der Waals surface area contributed by atoms with Gasteiger partial charge in [-0.1, -0.05) is 0 Å². The van der Waals surface area contributed by atoms with E-state index >= 15 is 0 Å². The summed E-state index contributed by atoms with van der Waals surface area (Å²) in [5.41, 5.74) is 2.17. The van der Waals surface area contributed by atoms with Crippen LogP contribution in [-0.2, 0) is 4.57 Å². The first-order chi connectivity index (χ1) is 19.9. The van der Waals surface area contributed by atoms with Crippen molar-refractivity contribution in [1.82, 2.24) is 24.8 Å². The van der Waals surface area contributed by atoms with E-state index in [1.54, 1.807) is 49.7 Å². The molecule has 15 heteroatoms. The Morgan fingerprint density at radius 3 is 2.45 bits per heavy atom. The minimum absolute atomic E-state index is 0.0520. The fourth-order valence-corrected chi connectivity index (χ4v) is 5.67. The molecular formula is C27H31N10O4P. The molecule has 0 atom stereocenters. The van der Waals surface area contributed by atoms with Gasteiger partial charge >= 0.3 is 0 Å². The largest absolute Gasteiger partial charge is 0.494 e. The summed E-state index contributed by atoms with van der Waals surface area (Å²) in [7, 11) is 4.21. The van der Waals surface area contributed by atoms with Crippen molar-refractivity contribution in [3.63, 3.8) is 0 Å². The number of hydrogen-bond donors (Lipinski definition) is 2. The van der Waals surface area contributed by atoms with Gasteiger partial charge in [0.25, 0.3) is 5.69 Å². The average molecular weight is 591 g/mol. The Balaban J connectivity index is 1.74. The van der Waals surface area contributed by atoms with Crippen LogP contribution in [0, 0.1) is 21.4 Å². The number of ether oxygens (including phenoxy) is 1. The minimum Gasteiger partial charge on any atom is -0.494 e. The van der Waals surface area contributed by atoms with E-state index < -0.39 is 12.1 Å². The summed E-state index contributed by atoms with van der Waals surface area (Å²) in [6, 6.07) is 8.44. The monoisotopic (exact) mass is 590 g/mol. The van der Waals surface area contributed by atoms with Gasteiger partial charge in [0.2, 0.25) is 5.95 Å². The number of rotatable bonds is 11. The van der Waals surface area contributed by atoms with Crippen LogP contribution in [0.2, 0.25) is 0 Å². The molecule has 2 aromatic carbocycles. The topological polar surface area (TPSA) is 175 Å². The van der Waals surface area contributed by atoms with Gasteiger partial charge in [-0.15, -0.1) is 0 Å². The number of nitrogens with zero attached hydrogens (tertiary/aromatic N) is 8. The lowest BCUT2D eigenvalue weighted by molar-refractivity contribution is -0.384. The van der Waals surface area contributed by atoms with E-state index in [9.17, 15) is 19.9 Å². The Morgan fingerprint density at radius 1 is 1.07 bits per heavy atom. The fourth-order valence-electron chi connectivity index (χ4n) is 4.28. The third-order valence-corrected chi connectivity index (χ3v) is 7.88. The van der Waals surface area contributed by atoms with Gasteiger partial charge in [0.05, 0.1) is 40.4 Å². The second-order valence-electron chi connectivity index (χ2n) is 10.1. The molecule has 42 heavy (non-hydrogen) atoms. The van der Waals surface area contributed by atoms with E-state index in [2.05, 4.69) is 36.6 Å². The summed E-state index contributed by atoms with van der Waals surface area (Å²) in [5, 5.41) is 28.3. The maximum absolute atomic E-state index is 13.3. The number of methoxy groups -OCH3 is 1. The van der Waals surface area contributed by atoms with E-state index in [-0.39, 0.29) is 28.7 Å². The van der Waals surface area contributed by atoms with E-state index in [1.807, 2.05) is 19.0 Å². The SMILES string of the molecule is COc1cc(N(C)CCN(C)C)c([N+](=O)[O-])cc1Nc1ncc(C#N)c(Nc2ccc3nccnc3c2P(C)(C)=O)n1. The Kier molecular flexibility index (Phi) is 8.84. The highest BCUT2D eigenvalue weighted by molar-refractivity contribution is 7.71. The van der Waals surface area contributed by atoms with Crippen molar-refractivity contribution in [3.8, 4) is 11.8 Å². The van der Waals surface area contributed by atoms with Crippen molar-refractivity contribution in [3.05, 3.63) is 58.5 Å². The van der Waals surface area contributed by atoms with Gasteiger partial charge in [0, 0.05) is 44.7 Å². The molecule has 0 radical (unpaired) electrons. The predicted molar refractivity (Wildman–Crippen MR) is 163 cm³/mol. The molecule has 4 rings (SSSR count). The number of likely N-dealkylation sites (N-methyl/N-ethyl adjacent to an activating group) is 2. The number of aromatic nitrogens is 4. The number of hydrogen-bond acceptors (Lipinski definition) is 13. The van der Waals surface area contributed by atoms with Gasteiger partial charge in [-0.25, -0.2) is 4.98 Å². The number of anilines is 5. The lowest BCUT2D eigenvalue weighted by Crippen LogP contribution is -2.29. The molecule has 2 heterocycles. The molecule has 0 aliphatic carbocycles. The normalized spacial score (nSPS) is 11.3. The summed E-state index contributed by atoms with van der Waals surface area (Å²) < 4.78 is 18.9. The molecule has 0 unspecified atom stereocenters. The highest BCUT2D eigenvalue weighted by atomic mass is 31.2. The van der Waals surface area contributed by atoms with Gasteiger partial charge in [-0.05, 0) is 39.6 Å². The van der Waals surface area contributed by atoms with Gasteiger partial charge < -0.3 is 29.7 Å². The van der Waals surface area contributed by atoms with Gasteiger partial charge in [0.15, 0.2) is 5.82 Å². The van der Waals surface area contributed by atoms with Crippen molar-refractivity contribution in [1.29, 1.82) is 5.26 Å². The summed E-state index contributed by atoms with van der Waals surface area (Å²) >= 11 is 0. The van der Waals surface area contributed by atoms with Crippen LogP contribution in [-0.4, -0.2) is 84.4 Å². The van der Waals surface area contributed by atoms with Crippen LogP contribution in [0.3, 0.4) is 0 Å². The molecule has 0 saturated carbocycles. The van der Waals surface area contributed by atoms with Gasteiger partial charge in [-0.2, -0.15) is 10.2 Å². The number of nitro benzene ring substituents is 1. The third kappa shape index (κ3) is 6.54. The molecule has 0 bridgehead atoms. The first-order valence-electron chi connectivity index (χ1n) is 12.8. The van der Waals surface area contributed by atoms with Crippen molar-refractivity contribution >= 4 is 58.0 Å². The van der Waals surface area contributed by atoms with Crippen molar-refractivity contribution in [2.75, 3.05) is 70.2 Å². The molecule has 0 spiro atoms. The molecule has 0 saturated heterocycles. The molecule has 0 amide bonds. The van der Waals surface area contributed by atoms with Crippen LogP contribution < -0.4 is 25.6 Å². The number of nitrogens with one attached hydrogen (secondary N) is 2. The minimum atomic E-state index is -2.87. The Morgan fingerprint density at radius 2 is 1.81 bits per heavy atom. The maximum Gasteiger partial charge on any atom is 0.294 e. The number of nitriles is 1. The van der Waals surface area contributed by atoms with Crippen LogP contribution in [0.25, 0.3) is 11.0 Å². The Bertz CT molecular complexity index is 1730. The summed E-state index contributed by atoms with van der Waals surface area (Å²) in [6.07, 6.45) is 4.40. The molecule has 14 nitrogen and oxygen atoms in total. The average Bonchev–Trinajstić information content (AvgIpc) is 2.95. The molecule has 4 aromatic rings. The van der Waals surface area contributed by atoms with Crippen LogP contribution >= 0.6 is 7.14 Å². The van der Waals surface area contributed by atoms with Gasteiger partial charge in [-0.3, -0.25) is 20.1 Å². The molecule has 0 fully saturated rings. The standard InChI is InChI=1S/C27H31N10O4P/c1-35(2)11-12-36(3)21-14-23(41-4)20(13-22(21)37(38)39)33-27-31-16-17(15-28)26(34-27)32-19-8-7-18-24(30-10-9-29-18)25(19)42(5,6)40/h7-10,13-14,16H,11-12H2,1-6H3,(H2,31,32,33,34). The number of benzene rings is 2. The predicted octanol–water partition coefficient (Wildman–Crippen LogP) is 3.94. The zero-order valence-corrected chi connectivity index (χ0v) is 25.0.